The minimum atomic E-state index is 0.0780. The van der Waals surface area contributed by atoms with Crippen LogP contribution in [0, 0.1) is 5.41 Å². The second kappa shape index (κ2) is 4.12. The minimum Gasteiger partial charge on any atom is -0.465 e. The molecule has 0 spiro atoms. The monoisotopic (exact) mass is 216 g/mol. The lowest BCUT2D eigenvalue weighted by Crippen LogP contribution is -2.21. The van der Waals surface area contributed by atoms with Gasteiger partial charge in [0.05, 0.1) is 6.26 Å². The first-order valence-corrected chi connectivity index (χ1v) is 5.50. The van der Waals surface area contributed by atoms with Gasteiger partial charge in [0.1, 0.15) is 5.76 Å². The number of carbonyl (C=O) groups excluding carboxylic acids is 1. The molecule has 0 aromatic carbocycles. The van der Waals surface area contributed by atoms with Gasteiger partial charge in [-0.15, -0.1) is 0 Å². The van der Waals surface area contributed by atoms with E-state index in [4.69, 9.17) is 4.42 Å². The molecule has 2 heteroatoms. The van der Waals surface area contributed by atoms with Crippen LogP contribution < -0.4 is 0 Å². The third-order valence-electron chi connectivity index (χ3n) is 2.69. The molecule has 0 saturated heterocycles. The normalized spacial score (nSPS) is 20.1. The molecule has 0 radical (unpaired) electrons. The van der Waals surface area contributed by atoms with E-state index in [0.29, 0.717) is 6.42 Å². The molecule has 2 rings (SSSR count). The van der Waals surface area contributed by atoms with E-state index in [1.54, 1.807) is 12.3 Å². The second-order valence-corrected chi connectivity index (χ2v) is 5.05. The Bertz CT molecular complexity index is 433. The summed E-state index contributed by atoms with van der Waals surface area (Å²) in [6, 6.07) is 3.75. The van der Waals surface area contributed by atoms with Crippen molar-refractivity contribution in [3.8, 4) is 0 Å². The Kier molecular flexibility index (Phi) is 2.82. The fourth-order valence-electron chi connectivity index (χ4n) is 2.08. The van der Waals surface area contributed by atoms with Gasteiger partial charge in [0.15, 0.2) is 5.78 Å². The van der Waals surface area contributed by atoms with E-state index in [1.165, 1.54) is 0 Å². The van der Waals surface area contributed by atoms with Gasteiger partial charge in [-0.1, -0.05) is 19.9 Å². The van der Waals surface area contributed by atoms with Crippen molar-refractivity contribution < 1.29 is 9.21 Å². The van der Waals surface area contributed by atoms with Crippen molar-refractivity contribution in [3.05, 3.63) is 41.9 Å². The van der Waals surface area contributed by atoms with E-state index in [0.717, 1.165) is 17.8 Å². The third kappa shape index (κ3) is 2.72. The Morgan fingerprint density at radius 3 is 2.75 bits per heavy atom. The second-order valence-electron chi connectivity index (χ2n) is 5.05. The topological polar surface area (TPSA) is 30.2 Å². The molecule has 1 aliphatic carbocycles. The lowest BCUT2D eigenvalue weighted by molar-refractivity contribution is -0.116. The van der Waals surface area contributed by atoms with Gasteiger partial charge in [-0.05, 0) is 41.7 Å². The van der Waals surface area contributed by atoms with Gasteiger partial charge < -0.3 is 4.42 Å². The van der Waals surface area contributed by atoms with Crippen LogP contribution in [0.3, 0.4) is 0 Å². The number of carbonyl (C=O) groups is 1. The fourth-order valence-corrected chi connectivity index (χ4v) is 2.08. The molecule has 0 unspecified atom stereocenters. The Labute approximate surface area is 95.7 Å². The van der Waals surface area contributed by atoms with Crippen molar-refractivity contribution in [2.45, 2.75) is 26.7 Å². The largest absolute Gasteiger partial charge is 0.465 e. The summed E-state index contributed by atoms with van der Waals surface area (Å²) in [4.78, 5) is 11.5. The molecule has 1 aromatic rings. The van der Waals surface area contributed by atoms with Gasteiger partial charge in [-0.25, -0.2) is 0 Å². The molecule has 0 saturated carbocycles. The van der Waals surface area contributed by atoms with Gasteiger partial charge in [0.25, 0.3) is 0 Å². The van der Waals surface area contributed by atoms with Crippen LogP contribution in [0.2, 0.25) is 0 Å². The molecule has 0 fully saturated rings. The molecule has 1 aliphatic rings. The van der Waals surface area contributed by atoms with Crippen molar-refractivity contribution in [2.75, 3.05) is 0 Å². The SMILES string of the molecule is CC1(C)CC(=O)C=C(/C=C/c2ccco2)C1. The quantitative estimate of drug-likeness (QED) is 0.756. The predicted octanol–water partition coefficient (Wildman–Crippen LogP) is 3.61. The lowest BCUT2D eigenvalue weighted by atomic mass is 9.77. The number of ketones is 1. The van der Waals surface area contributed by atoms with Crippen LogP contribution in [0.5, 0.6) is 0 Å². The van der Waals surface area contributed by atoms with E-state index in [-0.39, 0.29) is 11.2 Å². The van der Waals surface area contributed by atoms with E-state index < -0.39 is 0 Å². The van der Waals surface area contributed by atoms with Crippen molar-refractivity contribution in [1.29, 1.82) is 0 Å². The van der Waals surface area contributed by atoms with Gasteiger partial charge in [-0.2, -0.15) is 0 Å². The van der Waals surface area contributed by atoms with Crippen molar-refractivity contribution in [1.82, 2.24) is 0 Å². The van der Waals surface area contributed by atoms with Gasteiger partial charge in [0.2, 0.25) is 0 Å². The zero-order chi connectivity index (χ0) is 11.6. The zero-order valence-corrected chi connectivity index (χ0v) is 9.69. The number of allylic oxidation sites excluding steroid dienone is 3. The molecular weight excluding hydrogens is 200 g/mol. The minimum absolute atomic E-state index is 0.0780. The first-order chi connectivity index (χ1) is 7.55. The number of hydrogen-bond acceptors (Lipinski definition) is 2. The summed E-state index contributed by atoms with van der Waals surface area (Å²) in [6.07, 6.45) is 8.84. The summed E-state index contributed by atoms with van der Waals surface area (Å²) >= 11 is 0. The van der Waals surface area contributed by atoms with Crippen LogP contribution in [-0.4, -0.2) is 5.78 Å². The summed E-state index contributed by atoms with van der Waals surface area (Å²) < 4.78 is 5.20. The highest BCUT2D eigenvalue weighted by Crippen LogP contribution is 2.34. The molecular formula is C14H16O2. The zero-order valence-electron chi connectivity index (χ0n) is 9.69. The Morgan fingerprint density at radius 1 is 1.31 bits per heavy atom. The summed E-state index contributed by atoms with van der Waals surface area (Å²) in [5, 5.41) is 0. The predicted molar refractivity (Wildman–Crippen MR) is 63.8 cm³/mol. The molecule has 2 nitrogen and oxygen atoms in total. The van der Waals surface area contributed by atoms with Crippen LogP contribution in [0.1, 0.15) is 32.4 Å². The Hall–Kier alpha value is -1.57. The molecule has 1 aromatic heterocycles. The molecule has 16 heavy (non-hydrogen) atoms. The van der Waals surface area contributed by atoms with Gasteiger partial charge in [-0.3, -0.25) is 4.79 Å². The Morgan fingerprint density at radius 2 is 2.12 bits per heavy atom. The van der Waals surface area contributed by atoms with Crippen molar-refractivity contribution in [2.24, 2.45) is 5.41 Å². The summed E-state index contributed by atoms with van der Waals surface area (Å²) in [5.74, 6) is 1.03. The molecule has 0 amide bonds. The maximum atomic E-state index is 11.5. The summed E-state index contributed by atoms with van der Waals surface area (Å²) in [6.45, 7) is 4.25. The molecule has 1 heterocycles. The molecule has 0 bridgehead atoms. The fraction of sp³-hybridized carbons (Fsp3) is 0.357. The van der Waals surface area contributed by atoms with Crippen LogP contribution >= 0.6 is 0 Å². The average molecular weight is 216 g/mol. The molecule has 0 atom stereocenters. The number of rotatable bonds is 2. The molecule has 0 N–H and O–H groups in total. The lowest BCUT2D eigenvalue weighted by Gasteiger charge is -2.27. The van der Waals surface area contributed by atoms with Gasteiger partial charge >= 0.3 is 0 Å². The third-order valence-corrected chi connectivity index (χ3v) is 2.69. The highest BCUT2D eigenvalue weighted by molar-refractivity contribution is 5.92. The maximum Gasteiger partial charge on any atom is 0.156 e. The van der Waals surface area contributed by atoms with E-state index >= 15 is 0 Å². The van der Waals surface area contributed by atoms with Crippen LogP contribution in [-0.2, 0) is 4.79 Å². The van der Waals surface area contributed by atoms with E-state index in [1.807, 2.05) is 24.3 Å². The number of furan rings is 1. The van der Waals surface area contributed by atoms with Crippen molar-refractivity contribution in [3.63, 3.8) is 0 Å². The van der Waals surface area contributed by atoms with Crippen LogP contribution in [0.15, 0.2) is 40.5 Å². The van der Waals surface area contributed by atoms with E-state index in [2.05, 4.69) is 13.8 Å². The molecule has 0 aliphatic heterocycles. The average Bonchev–Trinajstić information content (AvgIpc) is 2.63. The number of hydrogen-bond donors (Lipinski definition) is 0. The van der Waals surface area contributed by atoms with Gasteiger partial charge in [0, 0.05) is 6.42 Å². The van der Waals surface area contributed by atoms with Crippen LogP contribution in [0.25, 0.3) is 6.08 Å². The maximum absolute atomic E-state index is 11.5. The first-order valence-electron chi connectivity index (χ1n) is 5.50. The summed E-state index contributed by atoms with van der Waals surface area (Å²) in [5.41, 5.74) is 1.16. The van der Waals surface area contributed by atoms with Crippen molar-refractivity contribution >= 4 is 11.9 Å². The van der Waals surface area contributed by atoms with Crippen LogP contribution in [0.4, 0.5) is 0 Å². The smallest absolute Gasteiger partial charge is 0.156 e. The van der Waals surface area contributed by atoms with E-state index in [9.17, 15) is 4.79 Å². The molecule has 84 valence electrons. The highest BCUT2D eigenvalue weighted by atomic mass is 16.3. The Balaban J connectivity index is 2.13. The standard InChI is InChI=1S/C14H16O2/c1-14(2)9-11(8-12(15)10-14)5-6-13-4-3-7-16-13/h3-8H,9-10H2,1-2H3/b6-5+. The first kappa shape index (κ1) is 10.9. The highest BCUT2D eigenvalue weighted by Gasteiger charge is 2.26. The summed E-state index contributed by atoms with van der Waals surface area (Å²) in [7, 11) is 0.